The van der Waals surface area contributed by atoms with Gasteiger partial charge in [-0.1, -0.05) is 62.4 Å². The van der Waals surface area contributed by atoms with Gasteiger partial charge in [0.1, 0.15) is 6.04 Å². The molecule has 180 valence electrons. The quantitative estimate of drug-likeness (QED) is 0.313. The number of ether oxygens (including phenoxy) is 1. The molecule has 1 aliphatic carbocycles. The molecule has 34 heavy (non-hydrogen) atoms. The molecule has 0 unspecified atom stereocenters. The summed E-state index contributed by atoms with van der Waals surface area (Å²) in [7, 11) is -0.572. The van der Waals surface area contributed by atoms with Crippen molar-refractivity contribution in [1.29, 1.82) is 0 Å². The highest BCUT2D eigenvalue weighted by Crippen LogP contribution is 2.45. The third kappa shape index (κ3) is 6.04. The lowest BCUT2D eigenvalue weighted by molar-refractivity contribution is -0.143. The van der Waals surface area contributed by atoms with Crippen molar-refractivity contribution in [2.45, 2.75) is 51.0 Å². The molecule has 0 saturated carbocycles. The first-order valence-corrected chi connectivity index (χ1v) is 11.4. The minimum atomic E-state index is -1.77. The summed E-state index contributed by atoms with van der Waals surface area (Å²) in [6.45, 7) is 3.76. The molecule has 4 N–H and O–H groups in total. The van der Waals surface area contributed by atoms with Crippen LogP contribution in [0.25, 0.3) is 11.1 Å². The van der Waals surface area contributed by atoms with E-state index in [9.17, 15) is 24.4 Å². The van der Waals surface area contributed by atoms with Crippen molar-refractivity contribution in [2.75, 3.05) is 7.11 Å². The van der Waals surface area contributed by atoms with Gasteiger partial charge in [0.25, 0.3) is 0 Å². The van der Waals surface area contributed by atoms with Gasteiger partial charge in [0, 0.05) is 12.3 Å². The van der Waals surface area contributed by atoms with Gasteiger partial charge in [-0.05, 0) is 34.6 Å². The Kier molecular flexibility index (Phi) is 8.47. The van der Waals surface area contributed by atoms with Crippen molar-refractivity contribution in [3.8, 4) is 11.1 Å². The number of esters is 1. The maximum atomic E-state index is 13.1. The van der Waals surface area contributed by atoms with Gasteiger partial charge in [-0.15, -0.1) is 0 Å². The number of rotatable bonds is 10. The fourth-order valence-electron chi connectivity index (χ4n) is 4.42. The van der Waals surface area contributed by atoms with Gasteiger partial charge in [-0.25, -0.2) is 0 Å². The Balaban J connectivity index is 1.76. The van der Waals surface area contributed by atoms with Crippen molar-refractivity contribution in [3.63, 3.8) is 0 Å². The molecular formula is C25H31BN2O6. The number of carbonyl (C=O) groups is 3. The van der Waals surface area contributed by atoms with Crippen LogP contribution in [0.4, 0.5) is 0 Å². The van der Waals surface area contributed by atoms with E-state index in [4.69, 9.17) is 0 Å². The molecule has 0 aliphatic heterocycles. The molecule has 0 bridgehead atoms. The largest absolute Gasteiger partial charge is 0.475 e. The van der Waals surface area contributed by atoms with E-state index in [1.54, 1.807) is 0 Å². The summed E-state index contributed by atoms with van der Waals surface area (Å²) in [6.07, 6.45) is 0.0385. The van der Waals surface area contributed by atoms with E-state index in [2.05, 4.69) is 15.4 Å². The lowest BCUT2D eigenvalue weighted by Gasteiger charge is -2.24. The second-order valence-electron chi connectivity index (χ2n) is 8.99. The first-order valence-electron chi connectivity index (χ1n) is 11.4. The maximum absolute atomic E-state index is 13.1. The van der Waals surface area contributed by atoms with Gasteiger partial charge in [-0.2, -0.15) is 0 Å². The molecule has 3 rings (SSSR count). The molecule has 0 heterocycles. The van der Waals surface area contributed by atoms with Crippen LogP contribution in [0.5, 0.6) is 0 Å². The van der Waals surface area contributed by atoms with Gasteiger partial charge in [0.05, 0.1) is 19.5 Å². The van der Waals surface area contributed by atoms with Crippen LogP contribution in [0.3, 0.4) is 0 Å². The van der Waals surface area contributed by atoms with Crippen LogP contribution in [-0.4, -0.2) is 54.0 Å². The monoisotopic (exact) mass is 466 g/mol. The third-order valence-corrected chi connectivity index (χ3v) is 6.02. The molecule has 8 nitrogen and oxygen atoms in total. The van der Waals surface area contributed by atoms with Gasteiger partial charge in [0.2, 0.25) is 11.8 Å². The van der Waals surface area contributed by atoms with E-state index in [0.717, 1.165) is 22.3 Å². The van der Waals surface area contributed by atoms with Gasteiger partial charge in [-0.3, -0.25) is 14.4 Å². The zero-order valence-corrected chi connectivity index (χ0v) is 19.7. The predicted molar refractivity (Wildman–Crippen MR) is 128 cm³/mol. The number of hydrogen-bond donors (Lipinski definition) is 4. The first kappa shape index (κ1) is 25.5. The van der Waals surface area contributed by atoms with E-state index in [-0.39, 0.29) is 24.7 Å². The SMILES string of the molecule is COC(=O)C[C@H](NC(=O)CC1c2ccccc2-c2ccccc21)C(=O)N[C@@H](CC(C)C)B(O)O. The number of amides is 2. The molecule has 2 amide bonds. The minimum absolute atomic E-state index is 0.0863. The second-order valence-corrected chi connectivity index (χ2v) is 8.99. The van der Waals surface area contributed by atoms with Crippen LogP contribution in [0.1, 0.15) is 50.2 Å². The molecule has 0 saturated heterocycles. The van der Waals surface area contributed by atoms with E-state index in [1.807, 2.05) is 62.4 Å². The zero-order chi connectivity index (χ0) is 24.8. The molecule has 9 heteroatoms. The number of carbonyl (C=O) groups excluding carboxylic acids is 3. The number of methoxy groups -OCH3 is 1. The second kappa shape index (κ2) is 11.3. The van der Waals surface area contributed by atoms with Crippen molar-refractivity contribution in [2.24, 2.45) is 5.92 Å². The van der Waals surface area contributed by atoms with E-state index in [1.165, 1.54) is 7.11 Å². The standard InChI is InChI=1S/C25H31BN2O6/c1-15(2)12-22(26(32)33)28-25(31)21(14-24(30)34-3)27-23(29)13-20-18-10-6-4-8-16(18)17-9-5-7-11-19(17)20/h4-11,15,20-22,32-33H,12-14H2,1-3H3,(H,27,29)(H,28,31)/t21-,22-/m0/s1. The summed E-state index contributed by atoms with van der Waals surface area (Å²) in [4.78, 5) is 37.9. The van der Waals surface area contributed by atoms with Crippen molar-refractivity contribution in [1.82, 2.24) is 10.6 Å². The first-order chi connectivity index (χ1) is 16.2. The predicted octanol–water partition coefficient (Wildman–Crippen LogP) is 1.78. The van der Waals surface area contributed by atoms with Crippen LogP contribution >= 0.6 is 0 Å². The fourth-order valence-corrected chi connectivity index (χ4v) is 4.42. The van der Waals surface area contributed by atoms with Gasteiger partial charge in [0.15, 0.2) is 0 Å². The summed E-state index contributed by atoms with van der Waals surface area (Å²) >= 11 is 0. The van der Waals surface area contributed by atoms with Crippen LogP contribution < -0.4 is 10.6 Å². The molecule has 2 atom stereocenters. The van der Waals surface area contributed by atoms with Crippen molar-refractivity contribution >= 4 is 24.9 Å². The van der Waals surface area contributed by atoms with Crippen LogP contribution in [0, 0.1) is 5.92 Å². The Labute approximate surface area is 199 Å². The molecule has 0 aromatic heterocycles. The molecule has 1 aliphatic rings. The van der Waals surface area contributed by atoms with E-state index >= 15 is 0 Å². The van der Waals surface area contributed by atoms with E-state index < -0.39 is 36.9 Å². The summed E-state index contributed by atoms with van der Waals surface area (Å²) in [5, 5.41) is 24.5. The number of benzene rings is 2. The highest BCUT2D eigenvalue weighted by molar-refractivity contribution is 6.43. The minimum Gasteiger partial charge on any atom is -0.469 e. The number of nitrogens with one attached hydrogen (secondary N) is 2. The molecular weight excluding hydrogens is 435 g/mol. The summed E-state index contributed by atoms with van der Waals surface area (Å²) in [5.41, 5.74) is 4.22. The summed E-state index contributed by atoms with van der Waals surface area (Å²) < 4.78 is 4.69. The third-order valence-electron chi connectivity index (χ3n) is 6.02. The Morgan fingerprint density at radius 2 is 1.53 bits per heavy atom. The maximum Gasteiger partial charge on any atom is 0.475 e. The van der Waals surface area contributed by atoms with Crippen molar-refractivity contribution < 1.29 is 29.2 Å². The fraction of sp³-hybridized carbons (Fsp3) is 0.400. The molecule has 2 aromatic carbocycles. The van der Waals surface area contributed by atoms with Crippen LogP contribution in [-0.2, 0) is 19.1 Å². The lowest BCUT2D eigenvalue weighted by atomic mass is 9.75. The number of hydrogen-bond acceptors (Lipinski definition) is 6. The van der Waals surface area contributed by atoms with Gasteiger partial charge < -0.3 is 25.4 Å². The van der Waals surface area contributed by atoms with E-state index in [0.29, 0.717) is 6.42 Å². The Bertz CT molecular complexity index is 996. The normalized spacial score (nSPS) is 14.1. The Morgan fingerprint density at radius 3 is 2.03 bits per heavy atom. The topological polar surface area (TPSA) is 125 Å². The van der Waals surface area contributed by atoms with Gasteiger partial charge >= 0.3 is 13.1 Å². The average Bonchev–Trinajstić information content (AvgIpc) is 3.11. The molecule has 2 aromatic rings. The Morgan fingerprint density at radius 1 is 0.971 bits per heavy atom. The molecule has 0 radical (unpaired) electrons. The smallest absolute Gasteiger partial charge is 0.469 e. The van der Waals surface area contributed by atoms with Crippen molar-refractivity contribution in [3.05, 3.63) is 59.7 Å². The molecule has 0 fully saturated rings. The summed E-state index contributed by atoms with van der Waals surface area (Å²) in [6, 6.07) is 14.6. The number of fused-ring (bicyclic) bond motifs is 3. The van der Waals surface area contributed by atoms with Crippen LogP contribution in [0.2, 0.25) is 0 Å². The zero-order valence-electron chi connectivity index (χ0n) is 19.7. The molecule has 0 spiro atoms. The summed E-state index contributed by atoms with van der Waals surface area (Å²) in [5.74, 6) is -2.76. The Hall–Kier alpha value is -3.17. The average molecular weight is 466 g/mol. The lowest BCUT2D eigenvalue weighted by Crippen LogP contribution is -2.55. The highest BCUT2D eigenvalue weighted by atomic mass is 16.5. The van der Waals surface area contributed by atoms with Crippen LogP contribution in [0.15, 0.2) is 48.5 Å². The highest BCUT2D eigenvalue weighted by Gasteiger charge is 2.33.